The lowest BCUT2D eigenvalue weighted by molar-refractivity contribution is 0.0724. The van der Waals surface area contributed by atoms with Gasteiger partial charge in [-0.15, -0.1) is 0 Å². The Bertz CT molecular complexity index is 922. The highest BCUT2D eigenvalue weighted by molar-refractivity contribution is 9.10. The molecular formula is C20H21BrFN3O. The second kappa shape index (κ2) is 8.01. The van der Waals surface area contributed by atoms with E-state index < -0.39 is 0 Å². The Morgan fingerprint density at radius 1 is 1.08 bits per heavy atom. The average molecular weight is 418 g/mol. The van der Waals surface area contributed by atoms with Gasteiger partial charge in [0.25, 0.3) is 5.91 Å². The monoisotopic (exact) mass is 417 g/mol. The highest BCUT2D eigenvalue weighted by Crippen LogP contribution is 2.29. The van der Waals surface area contributed by atoms with Crippen LogP contribution in [0.5, 0.6) is 0 Å². The third-order valence-electron chi connectivity index (χ3n) is 4.28. The molecule has 0 unspecified atom stereocenters. The quantitative estimate of drug-likeness (QED) is 0.650. The van der Waals surface area contributed by atoms with Crippen LogP contribution in [0.15, 0.2) is 53.0 Å². The molecule has 0 aliphatic carbocycles. The van der Waals surface area contributed by atoms with Crippen molar-refractivity contribution in [3.63, 3.8) is 0 Å². The standard InChI is InChI=1S/C20H21BrFN3O/c1-24(2)11-12-25(13-14-7-3-5-9-16(14)22)20(26)19-18(21)15-8-4-6-10-17(15)23-19/h3-10,23H,11-13H2,1-2H3. The molecule has 1 N–H and O–H groups in total. The fraction of sp³-hybridized carbons (Fsp3) is 0.250. The van der Waals surface area contributed by atoms with Crippen LogP contribution in [0.3, 0.4) is 0 Å². The molecule has 0 aliphatic rings. The van der Waals surface area contributed by atoms with Gasteiger partial charge < -0.3 is 14.8 Å². The minimum Gasteiger partial charge on any atom is -0.350 e. The van der Waals surface area contributed by atoms with E-state index in [9.17, 15) is 9.18 Å². The van der Waals surface area contributed by atoms with Crippen molar-refractivity contribution in [3.05, 3.63) is 70.1 Å². The highest BCUT2D eigenvalue weighted by Gasteiger charge is 2.22. The van der Waals surface area contributed by atoms with Crippen LogP contribution in [0.25, 0.3) is 10.9 Å². The van der Waals surface area contributed by atoms with E-state index in [2.05, 4.69) is 20.9 Å². The SMILES string of the molecule is CN(C)CCN(Cc1ccccc1F)C(=O)c1[nH]c2ccccc2c1Br. The Morgan fingerprint density at radius 2 is 1.77 bits per heavy atom. The molecule has 4 nitrogen and oxygen atoms in total. The van der Waals surface area contributed by atoms with Crippen LogP contribution in [0.1, 0.15) is 16.1 Å². The number of fused-ring (bicyclic) bond motifs is 1. The van der Waals surface area contributed by atoms with Crippen LogP contribution in [0.2, 0.25) is 0 Å². The zero-order chi connectivity index (χ0) is 18.7. The molecule has 0 radical (unpaired) electrons. The lowest BCUT2D eigenvalue weighted by Crippen LogP contribution is -2.36. The number of halogens is 2. The molecule has 3 aromatic rings. The maximum Gasteiger partial charge on any atom is 0.271 e. The molecule has 0 aliphatic heterocycles. The van der Waals surface area contributed by atoms with Crippen molar-refractivity contribution in [2.45, 2.75) is 6.54 Å². The second-order valence-corrected chi connectivity index (χ2v) is 7.27. The van der Waals surface area contributed by atoms with Gasteiger partial charge in [0, 0.05) is 36.1 Å². The molecular weight excluding hydrogens is 397 g/mol. The van der Waals surface area contributed by atoms with Gasteiger partial charge >= 0.3 is 0 Å². The van der Waals surface area contributed by atoms with Crippen molar-refractivity contribution in [2.24, 2.45) is 0 Å². The number of amides is 1. The molecule has 1 amide bonds. The predicted molar refractivity (Wildman–Crippen MR) is 106 cm³/mol. The number of benzene rings is 2. The maximum absolute atomic E-state index is 14.1. The number of carbonyl (C=O) groups excluding carboxylic acids is 1. The summed E-state index contributed by atoms with van der Waals surface area (Å²) < 4.78 is 14.8. The Hall–Kier alpha value is -2.18. The first-order valence-electron chi connectivity index (χ1n) is 8.41. The third kappa shape index (κ3) is 3.97. The van der Waals surface area contributed by atoms with Crippen molar-refractivity contribution in [1.29, 1.82) is 0 Å². The van der Waals surface area contributed by atoms with Gasteiger partial charge in [-0.2, -0.15) is 0 Å². The van der Waals surface area contributed by atoms with Crippen molar-refractivity contribution in [3.8, 4) is 0 Å². The van der Waals surface area contributed by atoms with Crippen LogP contribution in [0.4, 0.5) is 4.39 Å². The molecule has 3 rings (SSSR count). The number of rotatable bonds is 6. The first-order chi connectivity index (χ1) is 12.5. The Labute approximate surface area is 160 Å². The van der Waals surface area contributed by atoms with Gasteiger partial charge in [0.1, 0.15) is 11.5 Å². The molecule has 2 aromatic carbocycles. The molecule has 0 fully saturated rings. The molecule has 0 saturated carbocycles. The van der Waals surface area contributed by atoms with Gasteiger partial charge in [0.05, 0.1) is 4.47 Å². The zero-order valence-corrected chi connectivity index (χ0v) is 16.4. The smallest absolute Gasteiger partial charge is 0.271 e. The molecule has 1 aromatic heterocycles. The number of nitrogens with zero attached hydrogens (tertiary/aromatic N) is 2. The Morgan fingerprint density at radius 3 is 2.46 bits per heavy atom. The van der Waals surface area contributed by atoms with Gasteiger partial charge in [-0.25, -0.2) is 4.39 Å². The Kier molecular flexibility index (Phi) is 5.74. The number of para-hydroxylation sites is 1. The van der Waals surface area contributed by atoms with Gasteiger partial charge in [-0.3, -0.25) is 4.79 Å². The number of aromatic amines is 1. The number of hydrogen-bond acceptors (Lipinski definition) is 2. The lowest BCUT2D eigenvalue weighted by atomic mass is 10.2. The van der Waals surface area contributed by atoms with Gasteiger partial charge in [-0.1, -0.05) is 36.4 Å². The normalized spacial score (nSPS) is 11.3. The summed E-state index contributed by atoms with van der Waals surface area (Å²) in [5, 5.41) is 0.953. The molecule has 136 valence electrons. The van der Waals surface area contributed by atoms with Crippen LogP contribution in [0, 0.1) is 5.82 Å². The topological polar surface area (TPSA) is 39.3 Å². The summed E-state index contributed by atoms with van der Waals surface area (Å²) >= 11 is 3.54. The summed E-state index contributed by atoms with van der Waals surface area (Å²) in [6, 6.07) is 14.3. The van der Waals surface area contributed by atoms with E-state index in [0.29, 0.717) is 24.3 Å². The number of H-pyrrole nitrogens is 1. The largest absolute Gasteiger partial charge is 0.350 e. The van der Waals surface area contributed by atoms with Crippen molar-refractivity contribution in [1.82, 2.24) is 14.8 Å². The summed E-state index contributed by atoms with van der Waals surface area (Å²) in [5.41, 5.74) is 1.88. The summed E-state index contributed by atoms with van der Waals surface area (Å²) in [6.07, 6.45) is 0. The molecule has 0 bridgehead atoms. The average Bonchev–Trinajstić information content (AvgIpc) is 2.96. The Balaban J connectivity index is 1.93. The van der Waals surface area contributed by atoms with E-state index in [4.69, 9.17) is 0 Å². The van der Waals surface area contributed by atoms with Crippen LogP contribution in [-0.4, -0.2) is 47.9 Å². The van der Waals surface area contributed by atoms with Crippen molar-refractivity contribution in [2.75, 3.05) is 27.2 Å². The van der Waals surface area contributed by atoms with Crippen molar-refractivity contribution >= 4 is 32.7 Å². The molecule has 6 heteroatoms. The maximum atomic E-state index is 14.1. The van der Waals surface area contributed by atoms with Crippen molar-refractivity contribution < 1.29 is 9.18 Å². The third-order valence-corrected chi connectivity index (χ3v) is 5.10. The first-order valence-corrected chi connectivity index (χ1v) is 9.20. The molecule has 0 atom stereocenters. The number of hydrogen-bond donors (Lipinski definition) is 1. The summed E-state index contributed by atoms with van der Waals surface area (Å²) in [6.45, 7) is 1.42. The van der Waals surface area contributed by atoms with E-state index in [0.717, 1.165) is 15.4 Å². The number of aromatic nitrogens is 1. The van der Waals surface area contributed by atoms with Crippen LogP contribution >= 0.6 is 15.9 Å². The minimum absolute atomic E-state index is 0.154. The van der Waals surface area contributed by atoms with Gasteiger partial charge in [0.15, 0.2) is 0 Å². The number of carbonyl (C=O) groups is 1. The van der Waals surface area contributed by atoms with Crippen LogP contribution < -0.4 is 0 Å². The number of likely N-dealkylation sites (N-methyl/N-ethyl adjacent to an activating group) is 1. The fourth-order valence-electron chi connectivity index (χ4n) is 2.82. The second-order valence-electron chi connectivity index (χ2n) is 6.48. The lowest BCUT2D eigenvalue weighted by Gasteiger charge is -2.24. The molecule has 0 spiro atoms. The van der Waals surface area contributed by atoms with Gasteiger partial charge in [0.2, 0.25) is 0 Å². The van der Waals surface area contributed by atoms with E-state index in [1.165, 1.54) is 6.07 Å². The number of nitrogens with one attached hydrogen (secondary N) is 1. The predicted octanol–water partition coefficient (Wildman–Crippen LogP) is 4.27. The van der Waals surface area contributed by atoms with E-state index in [-0.39, 0.29) is 18.3 Å². The molecule has 1 heterocycles. The fourth-order valence-corrected chi connectivity index (χ4v) is 3.43. The van der Waals surface area contributed by atoms with E-state index in [1.54, 1.807) is 23.1 Å². The van der Waals surface area contributed by atoms with E-state index >= 15 is 0 Å². The van der Waals surface area contributed by atoms with E-state index in [1.807, 2.05) is 43.3 Å². The molecule has 26 heavy (non-hydrogen) atoms. The molecule has 0 saturated heterocycles. The highest BCUT2D eigenvalue weighted by atomic mass is 79.9. The van der Waals surface area contributed by atoms with Crippen LogP contribution in [-0.2, 0) is 6.54 Å². The summed E-state index contributed by atoms with van der Waals surface area (Å²) in [4.78, 5) is 20.1. The summed E-state index contributed by atoms with van der Waals surface area (Å²) in [5.74, 6) is -0.455. The van der Waals surface area contributed by atoms with Gasteiger partial charge in [-0.05, 0) is 42.2 Å². The zero-order valence-electron chi connectivity index (χ0n) is 14.8. The first kappa shape index (κ1) is 18.6. The minimum atomic E-state index is -0.300. The summed E-state index contributed by atoms with van der Waals surface area (Å²) in [7, 11) is 3.90.